The van der Waals surface area contributed by atoms with Crippen LogP contribution in [0.4, 0.5) is 0 Å². The minimum Gasteiger partial charge on any atom is -0.352 e. The van der Waals surface area contributed by atoms with Gasteiger partial charge in [-0.3, -0.25) is 9.67 Å². The number of imidazole rings is 1. The molecule has 8 heteroatoms. The molecule has 7 nitrogen and oxygen atoms in total. The van der Waals surface area contributed by atoms with Crippen LogP contribution in [0.5, 0.6) is 0 Å². The number of piperidine rings is 1. The molecule has 2 aromatic heterocycles. The number of hydrogen-bond acceptors (Lipinski definition) is 3. The zero-order chi connectivity index (χ0) is 19.4. The van der Waals surface area contributed by atoms with Crippen LogP contribution >= 0.6 is 24.0 Å². The average Bonchev–Trinajstić information content (AvgIpc) is 3.31. The van der Waals surface area contributed by atoms with Crippen molar-refractivity contribution in [3.63, 3.8) is 0 Å². The summed E-state index contributed by atoms with van der Waals surface area (Å²) in [5.74, 6) is 1.60. The van der Waals surface area contributed by atoms with E-state index in [2.05, 4.69) is 56.8 Å². The molecule has 0 radical (unpaired) electrons. The third kappa shape index (κ3) is 4.69. The van der Waals surface area contributed by atoms with Gasteiger partial charge in [-0.05, 0) is 25.2 Å². The van der Waals surface area contributed by atoms with E-state index >= 15 is 0 Å². The smallest absolute Gasteiger partial charge is 0.193 e. The topological polar surface area (TPSA) is 63.3 Å². The van der Waals surface area contributed by atoms with Crippen molar-refractivity contribution in [2.24, 2.45) is 18.0 Å². The summed E-state index contributed by atoms with van der Waals surface area (Å²) < 4.78 is 4.26. The van der Waals surface area contributed by atoms with Crippen molar-refractivity contribution in [2.75, 3.05) is 20.1 Å². The van der Waals surface area contributed by atoms with Crippen molar-refractivity contribution in [3.8, 4) is 0 Å². The molecule has 2 aromatic rings. The molecule has 1 saturated heterocycles. The van der Waals surface area contributed by atoms with Crippen molar-refractivity contribution >= 4 is 29.9 Å². The van der Waals surface area contributed by atoms with E-state index < -0.39 is 0 Å². The molecule has 0 aromatic carbocycles. The number of aromatic nitrogens is 4. The van der Waals surface area contributed by atoms with E-state index in [1.54, 1.807) is 0 Å². The van der Waals surface area contributed by atoms with E-state index in [-0.39, 0.29) is 24.0 Å². The summed E-state index contributed by atoms with van der Waals surface area (Å²) >= 11 is 0. The second kappa shape index (κ2) is 10.3. The normalized spacial score (nSPS) is 20.2. The molecule has 1 fully saturated rings. The maximum absolute atomic E-state index is 4.68. The molecule has 2 atom stereocenters. The number of halogens is 1. The Morgan fingerprint density at radius 1 is 1.32 bits per heavy atom. The highest BCUT2D eigenvalue weighted by atomic mass is 127. The Morgan fingerprint density at radius 2 is 2.11 bits per heavy atom. The number of aliphatic imine (C=N–C) groups is 1. The van der Waals surface area contributed by atoms with Crippen LogP contribution in [-0.2, 0) is 26.4 Å². The Morgan fingerprint density at radius 3 is 2.71 bits per heavy atom. The molecule has 3 rings (SSSR count). The highest BCUT2D eigenvalue weighted by molar-refractivity contribution is 14.0. The first-order valence-corrected chi connectivity index (χ1v) is 10.1. The number of nitrogens with zero attached hydrogens (tertiary/aromatic N) is 6. The third-order valence-electron chi connectivity index (χ3n) is 5.79. The van der Waals surface area contributed by atoms with E-state index in [0.717, 1.165) is 44.9 Å². The van der Waals surface area contributed by atoms with E-state index in [4.69, 9.17) is 0 Å². The Balaban J connectivity index is 0.00000280. The highest BCUT2D eigenvalue weighted by Gasteiger charge is 2.29. The van der Waals surface area contributed by atoms with Crippen molar-refractivity contribution in [3.05, 3.63) is 35.7 Å². The Labute approximate surface area is 185 Å². The van der Waals surface area contributed by atoms with Crippen LogP contribution in [0, 0.1) is 5.92 Å². The molecule has 3 heterocycles. The molecule has 2 unspecified atom stereocenters. The number of hydrogen-bond donors (Lipinski definition) is 1. The number of likely N-dealkylation sites (tertiary alicyclic amines) is 1. The molecular formula is C20H34IN7. The molecule has 28 heavy (non-hydrogen) atoms. The summed E-state index contributed by atoms with van der Waals surface area (Å²) in [6.45, 7) is 9.44. The number of aryl methyl sites for hydroxylation is 2. The van der Waals surface area contributed by atoms with Gasteiger partial charge in [-0.1, -0.05) is 20.8 Å². The Bertz CT molecular complexity index is 766. The molecule has 0 spiro atoms. The third-order valence-corrected chi connectivity index (χ3v) is 5.79. The lowest BCUT2D eigenvalue weighted by atomic mass is 9.93. The van der Waals surface area contributed by atoms with E-state index in [1.807, 2.05) is 31.3 Å². The standard InChI is InChI=1S/C20H33N7.HI/c1-6-17-16(18(7-2)25(5)24-17)12-23-20(21-4)26-10-8-15(3)19(13-26)27-11-9-22-14-27;/h9,11,14-15,19H,6-8,10,12-13H2,1-5H3,(H,21,23);1H. The first-order valence-electron chi connectivity index (χ1n) is 10.1. The predicted molar refractivity (Wildman–Crippen MR) is 124 cm³/mol. The maximum Gasteiger partial charge on any atom is 0.193 e. The minimum atomic E-state index is 0. The molecule has 0 aliphatic carbocycles. The second-order valence-corrected chi connectivity index (χ2v) is 7.39. The van der Waals surface area contributed by atoms with Crippen LogP contribution in [0.15, 0.2) is 23.7 Å². The van der Waals surface area contributed by atoms with Gasteiger partial charge in [0.05, 0.1) is 18.1 Å². The van der Waals surface area contributed by atoms with Crippen molar-refractivity contribution in [1.29, 1.82) is 0 Å². The molecule has 0 bridgehead atoms. The van der Waals surface area contributed by atoms with Gasteiger partial charge >= 0.3 is 0 Å². The zero-order valence-electron chi connectivity index (χ0n) is 17.7. The van der Waals surface area contributed by atoms with Crippen molar-refractivity contribution in [2.45, 2.75) is 52.6 Å². The quantitative estimate of drug-likeness (QED) is 0.391. The lowest BCUT2D eigenvalue weighted by molar-refractivity contribution is 0.189. The van der Waals surface area contributed by atoms with Gasteiger partial charge in [0, 0.05) is 57.4 Å². The summed E-state index contributed by atoms with van der Waals surface area (Å²) in [6.07, 6.45) is 8.95. The second-order valence-electron chi connectivity index (χ2n) is 7.39. The molecular weight excluding hydrogens is 465 g/mol. The van der Waals surface area contributed by atoms with Crippen molar-refractivity contribution < 1.29 is 0 Å². The predicted octanol–water partition coefficient (Wildman–Crippen LogP) is 3.02. The maximum atomic E-state index is 4.68. The van der Waals surface area contributed by atoms with Crippen molar-refractivity contribution in [1.82, 2.24) is 29.5 Å². The van der Waals surface area contributed by atoms with Gasteiger partial charge in [0.2, 0.25) is 0 Å². The molecule has 1 aliphatic rings. The van der Waals surface area contributed by atoms with Gasteiger partial charge in [-0.2, -0.15) is 5.10 Å². The summed E-state index contributed by atoms with van der Waals surface area (Å²) in [7, 11) is 3.91. The summed E-state index contributed by atoms with van der Waals surface area (Å²) in [5.41, 5.74) is 3.81. The molecule has 1 N–H and O–H groups in total. The monoisotopic (exact) mass is 499 g/mol. The van der Waals surface area contributed by atoms with Gasteiger partial charge in [0.25, 0.3) is 0 Å². The zero-order valence-corrected chi connectivity index (χ0v) is 20.1. The summed E-state index contributed by atoms with van der Waals surface area (Å²) in [4.78, 5) is 11.2. The number of guanidine groups is 1. The van der Waals surface area contributed by atoms with Crippen LogP contribution in [0.1, 0.15) is 50.2 Å². The first-order chi connectivity index (χ1) is 13.1. The van der Waals surface area contributed by atoms with Gasteiger partial charge in [-0.15, -0.1) is 24.0 Å². The van der Waals surface area contributed by atoms with Gasteiger partial charge < -0.3 is 14.8 Å². The molecule has 156 valence electrons. The van der Waals surface area contributed by atoms with Crippen LogP contribution in [0.2, 0.25) is 0 Å². The minimum absolute atomic E-state index is 0. The summed E-state index contributed by atoms with van der Waals surface area (Å²) in [5, 5.41) is 8.28. The Kier molecular flexibility index (Phi) is 8.33. The van der Waals surface area contributed by atoms with Crippen LogP contribution in [-0.4, -0.2) is 50.3 Å². The van der Waals surface area contributed by atoms with Crippen LogP contribution in [0.25, 0.3) is 0 Å². The SMILES string of the molecule is CCc1nn(C)c(CC)c1CNC(=NC)N1CCC(C)C(n2ccnc2)C1.I. The largest absolute Gasteiger partial charge is 0.352 e. The van der Waals surface area contributed by atoms with Crippen LogP contribution in [0.3, 0.4) is 0 Å². The fourth-order valence-corrected chi connectivity index (χ4v) is 4.19. The van der Waals surface area contributed by atoms with Gasteiger partial charge in [-0.25, -0.2) is 4.98 Å². The van der Waals surface area contributed by atoms with Gasteiger partial charge in [0.1, 0.15) is 0 Å². The van der Waals surface area contributed by atoms with Gasteiger partial charge in [0.15, 0.2) is 5.96 Å². The van der Waals surface area contributed by atoms with E-state index in [9.17, 15) is 0 Å². The molecule has 0 amide bonds. The molecule has 1 aliphatic heterocycles. The fraction of sp³-hybridized carbons (Fsp3) is 0.650. The Hall–Kier alpha value is -1.58. The lowest BCUT2D eigenvalue weighted by Gasteiger charge is -2.39. The fourth-order valence-electron chi connectivity index (χ4n) is 4.19. The average molecular weight is 499 g/mol. The number of rotatable bonds is 5. The highest BCUT2D eigenvalue weighted by Crippen LogP contribution is 2.27. The van der Waals surface area contributed by atoms with E-state index in [0.29, 0.717) is 12.0 Å². The van der Waals surface area contributed by atoms with E-state index in [1.165, 1.54) is 17.0 Å². The number of nitrogens with one attached hydrogen (secondary N) is 1. The summed E-state index contributed by atoms with van der Waals surface area (Å²) in [6, 6.07) is 0.426. The van der Waals surface area contributed by atoms with Crippen LogP contribution < -0.4 is 5.32 Å². The molecule has 0 saturated carbocycles. The first kappa shape index (κ1) is 22.7. The lowest BCUT2D eigenvalue weighted by Crippen LogP contribution is -2.48.